The summed E-state index contributed by atoms with van der Waals surface area (Å²) in [5.74, 6) is 0. The molecule has 0 fully saturated rings. The molecule has 2 aliphatic heterocycles. The predicted molar refractivity (Wildman–Crippen MR) is 308 cm³/mol. The van der Waals surface area contributed by atoms with Crippen LogP contribution >= 0.6 is 22.7 Å². The van der Waals surface area contributed by atoms with Crippen LogP contribution in [0, 0.1) is 6.92 Å². The van der Waals surface area contributed by atoms with Gasteiger partial charge in [0.15, 0.2) is 0 Å². The summed E-state index contributed by atoms with van der Waals surface area (Å²) in [6.45, 7) is 36.1. The van der Waals surface area contributed by atoms with Crippen LogP contribution in [0.5, 0.6) is 0 Å². The Bertz CT molecular complexity index is 3400. The van der Waals surface area contributed by atoms with Gasteiger partial charge in [0.2, 0.25) is 0 Å². The molecular weight excluding hydrogens is 872 g/mol. The molecule has 0 radical (unpaired) electrons. The van der Waals surface area contributed by atoms with Crippen molar-refractivity contribution in [1.82, 2.24) is 0 Å². The highest BCUT2D eigenvalue weighted by Gasteiger charge is 2.47. The van der Waals surface area contributed by atoms with Crippen LogP contribution in [0.3, 0.4) is 0 Å². The molecule has 1 aliphatic carbocycles. The van der Waals surface area contributed by atoms with E-state index in [1.807, 2.05) is 22.7 Å². The van der Waals surface area contributed by atoms with Crippen molar-refractivity contribution < 1.29 is 0 Å². The number of unbranched alkanes of at least 4 members (excludes halogenated alkanes) is 1. The number of anilines is 6. The summed E-state index contributed by atoms with van der Waals surface area (Å²) in [5, 5.41) is 5.51. The summed E-state index contributed by atoms with van der Waals surface area (Å²) in [4.78, 5) is 5.41. The average Bonchev–Trinajstić information content (AvgIpc) is 3.86. The molecular formula is C64H73BN2S2. The van der Waals surface area contributed by atoms with Crippen LogP contribution in [0.1, 0.15) is 168 Å². The first-order chi connectivity index (χ1) is 32.5. The van der Waals surface area contributed by atoms with Gasteiger partial charge in [0, 0.05) is 47.6 Å². The number of nitrogens with zero attached hydrogens (tertiary/aromatic N) is 2. The fraction of sp³-hybridized carbons (Fsp3) is 0.406. The standard InChI is InChI=1S/C64H73BN2S2/c1-16-18-28-62(10,11)45-25-24-42(33-39(45)17-2)66-51-31-38(3)32-52-58(51)65(57-44-36-46-47(37-55(44)69-59(57)66)64(14,15)30-29-63(46,12)13)48-26-22-41(61(7,8)9)35-50(48)67(52)49-20-19-21-54-56(49)43-34-40(60(4,5)6)23-27-53(43)68-54/h19-27,31-37H,16-18,28-30H2,1-15H3. The lowest BCUT2D eigenvalue weighted by atomic mass is 9.33. The molecule has 0 atom stereocenters. The Hall–Kier alpha value is -4.84. The van der Waals surface area contributed by atoms with Crippen molar-refractivity contribution in [3.8, 4) is 0 Å². The lowest BCUT2D eigenvalue weighted by Gasteiger charge is -2.44. The number of thiophene rings is 2. The normalized spacial score (nSPS) is 16.3. The lowest BCUT2D eigenvalue weighted by Crippen LogP contribution is -2.61. The van der Waals surface area contributed by atoms with Crippen LogP contribution in [-0.2, 0) is 33.5 Å². The van der Waals surface area contributed by atoms with E-state index in [-0.39, 0.29) is 33.8 Å². The molecule has 0 unspecified atom stereocenters. The first kappa shape index (κ1) is 46.5. The Balaban J connectivity index is 1.26. The minimum atomic E-state index is -0.0310. The number of benzene rings is 6. The Morgan fingerprint density at radius 2 is 1.26 bits per heavy atom. The van der Waals surface area contributed by atoms with Gasteiger partial charge in [-0.3, -0.25) is 0 Å². The fourth-order valence-electron chi connectivity index (χ4n) is 12.6. The van der Waals surface area contributed by atoms with E-state index in [4.69, 9.17) is 0 Å². The zero-order valence-electron chi connectivity index (χ0n) is 44.3. The number of fused-ring (bicyclic) bond motifs is 10. The second-order valence-corrected chi connectivity index (χ2v) is 27.3. The highest BCUT2D eigenvalue weighted by Crippen LogP contribution is 2.54. The van der Waals surface area contributed by atoms with Crippen LogP contribution in [0.4, 0.5) is 33.4 Å². The molecule has 0 N–H and O–H groups in total. The molecule has 0 spiro atoms. The molecule has 6 aromatic carbocycles. The SMILES string of the molecule is CCCCC(C)(C)c1ccc(N2c3cc(C)cc4c3B(c3ccc(C(C)(C)C)cc3N4c3cccc4sc5ccc(C(C)(C)C)cc5c34)c3c2sc2cc4c(cc32)C(C)(C)CCC4(C)C)cc1CC. The van der Waals surface area contributed by atoms with Crippen molar-refractivity contribution in [3.05, 3.63) is 136 Å². The minimum Gasteiger partial charge on any atom is -0.311 e. The molecule has 3 aliphatic rings. The van der Waals surface area contributed by atoms with Gasteiger partial charge in [0.05, 0.1) is 10.7 Å². The van der Waals surface area contributed by atoms with Crippen molar-refractivity contribution in [2.45, 2.75) is 169 Å². The Morgan fingerprint density at radius 3 is 1.94 bits per heavy atom. The zero-order valence-corrected chi connectivity index (χ0v) is 45.9. The van der Waals surface area contributed by atoms with E-state index in [0.717, 1.165) is 6.42 Å². The van der Waals surface area contributed by atoms with E-state index in [0.29, 0.717) is 0 Å². The number of hydrogen-bond acceptors (Lipinski definition) is 4. The molecule has 0 saturated carbocycles. The van der Waals surface area contributed by atoms with E-state index in [9.17, 15) is 0 Å². The molecule has 354 valence electrons. The molecule has 0 saturated heterocycles. The Kier molecular flexibility index (Phi) is 10.7. The zero-order chi connectivity index (χ0) is 48.9. The average molecular weight is 945 g/mol. The highest BCUT2D eigenvalue weighted by molar-refractivity contribution is 7.27. The summed E-state index contributed by atoms with van der Waals surface area (Å²) in [6, 6.07) is 39.7. The topological polar surface area (TPSA) is 6.48 Å². The van der Waals surface area contributed by atoms with Crippen LogP contribution in [0.2, 0.25) is 0 Å². The van der Waals surface area contributed by atoms with E-state index in [1.165, 1.54) is 151 Å². The first-order valence-corrected chi connectivity index (χ1v) is 27.8. The van der Waals surface area contributed by atoms with Crippen molar-refractivity contribution in [2.24, 2.45) is 0 Å². The van der Waals surface area contributed by atoms with Gasteiger partial charge in [-0.2, -0.15) is 0 Å². The largest absolute Gasteiger partial charge is 0.311 e. The maximum Gasteiger partial charge on any atom is 0.254 e. The number of hydrogen-bond donors (Lipinski definition) is 0. The van der Waals surface area contributed by atoms with Gasteiger partial charge in [0.1, 0.15) is 0 Å². The predicted octanol–water partition coefficient (Wildman–Crippen LogP) is 17.6. The molecule has 4 heterocycles. The van der Waals surface area contributed by atoms with Gasteiger partial charge in [-0.1, -0.05) is 140 Å². The third-order valence-electron chi connectivity index (χ3n) is 16.9. The molecule has 69 heavy (non-hydrogen) atoms. The van der Waals surface area contributed by atoms with Gasteiger partial charge in [-0.25, -0.2) is 0 Å². The molecule has 8 aromatic rings. The van der Waals surface area contributed by atoms with Crippen molar-refractivity contribution >= 4 is 109 Å². The van der Waals surface area contributed by atoms with E-state index >= 15 is 0 Å². The van der Waals surface area contributed by atoms with Gasteiger partial charge in [-0.05, 0) is 187 Å². The first-order valence-electron chi connectivity index (χ1n) is 26.1. The second-order valence-electron chi connectivity index (χ2n) is 25.2. The minimum absolute atomic E-state index is 0.0310. The summed E-state index contributed by atoms with van der Waals surface area (Å²) >= 11 is 3.96. The van der Waals surface area contributed by atoms with Crippen LogP contribution in [0.25, 0.3) is 30.3 Å². The smallest absolute Gasteiger partial charge is 0.254 e. The molecule has 0 amide bonds. The summed E-state index contributed by atoms with van der Waals surface area (Å²) in [5.41, 5.74) is 21.1. The van der Waals surface area contributed by atoms with Crippen LogP contribution < -0.4 is 26.2 Å². The summed E-state index contributed by atoms with van der Waals surface area (Å²) in [6.07, 6.45) is 7.06. The van der Waals surface area contributed by atoms with Crippen molar-refractivity contribution in [3.63, 3.8) is 0 Å². The molecule has 2 nitrogen and oxygen atoms in total. The molecule has 2 aromatic heterocycles. The van der Waals surface area contributed by atoms with Crippen LogP contribution in [0.15, 0.2) is 97.1 Å². The maximum atomic E-state index is 2.71. The van der Waals surface area contributed by atoms with Gasteiger partial charge in [0.25, 0.3) is 6.71 Å². The maximum absolute atomic E-state index is 2.71. The van der Waals surface area contributed by atoms with Crippen molar-refractivity contribution in [1.29, 1.82) is 0 Å². The Morgan fingerprint density at radius 1 is 0.594 bits per heavy atom. The quantitative estimate of drug-likeness (QED) is 0.147. The number of aryl methyl sites for hydroxylation is 2. The fourth-order valence-corrected chi connectivity index (χ4v) is 15.0. The number of rotatable bonds is 7. The van der Waals surface area contributed by atoms with Gasteiger partial charge in [-0.15, -0.1) is 22.7 Å². The summed E-state index contributed by atoms with van der Waals surface area (Å²) < 4.78 is 4.09. The van der Waals surface area contributed by atoms with Gasteiger partial charge >= 0.3 is 0 Å². The van der Waals surface area contributed by atoms with E-state index in [2.05, 4.69) is 211 Å². The van der Waals surface area contributed by atoms with Gasteiger partial charge < -0.3 is 9.80 Å². The third kappa shape index (κ3) is 7.28. The summed E-state index contributed by atoms with van der Waals surface area (Å²) in [7, 11) is 0. The van der Waals surface area contributed by atoms with E-state index < -0.39 is 0 Å². The van der Waals surface area contributed by atoms with Crippen LogP contribution in [-0.4, -0.2) is 6.71 Å². The molecule has 5 heteroatoms. The lowest BCUT2D eigenvalue weighted by molar-refractivity contribution is 0.332. The highest BCUT2D eigenvalue weighted by atomic mass is 32.1. The third-order valence-corrected chi connectivity index (χ3v) is 19.2. The molecule has 11 rings (SSSR count). The Labute approximate surface area is 422 Å². The monoisotopic (exact) mass is 945 g/mol. The second kappa shape index (κ2) is 15.8. The molecule has 0 bridgehead atoms. The van der Waals surface area contributed by atoms with E-state index in [1.54, 1.807) is 0 Å². The van der Waals surface area contributed by atoms with Crippen molar-refractivity contribution in [2.75, 3.05) is 9.80 Å².